The van der Waals surface area contributed by atoms with E-state index in [1.165, 1.54) is 21.3 Å². The molecule has 2 aromatic carbocycles. The van der Waals surface area contributed by atoms with Crippen molar-refractivity contribution < 1.29 is 0 Å². The molecule has 16 heavy (non-hydrogen) atoms. The van der Waals surface area contributed by atoms with Crippen molar-refractivity contribution in [2.75, 3.05) is 4.90 Å². The summed E-state index contributed by atoms with van der Waals surface area (Å²) < 4.78 is 1.23. The third-order valence-electron chi connectivity index (χ3n) is 3.05. The fraction of sp³-hybridized carbons (Fsp3) is 0.143. The van der Waals surface area contributed by atoms with E-state index in [4.69, 9.17) is 0 Å². The lowest BCUT2D eigenvalue weighted by molar-refractivity contribution is 0.879. The first-order valence-electron chi connectivity index (χ1n) is 5.41. The first-order chi connectivity index (χ1) is 7.84. The molecular weight excluding hydrogens is 262 g/mol. The second kappa shape index (κ2) is 3.95. The minimum atomic E-state index is 1.00. The molecule has 2 heteroatoms. The molecule has 0 saturated heterocycles. The van der Waals surface area contributed by atoms with Gasteiger partial charge in [-0.15, -0.1) is 0 Å². The molecule has 0 amide bonds. The number of anilines is 1. The Balaban J connectivity index is 1.94. The molecule has 1 aliphatic heterocycles. The van der Waals surface area contributed by atoms with Crippen LogP contribution in [0.3, 0.4) is 0 Å². The van der Waals surface area contributed by atoms with Crippen molar-refractivity contribution in [2.45, 2.75) is 13.1 Å². The minimum Gasteiger partial charge on any atom is -0.363 e. The van der Waals surface area contributed by atoms with E-state index in [2.05, 4.69) is 69.4 Å². The van der Waals surface area contributed by atoms with Gasteiger partial charge < -0.3 is 4.90 Å². The molecule has 3 rings (SSSR count). The Hall–Kier alpha value is -1.28. The van der Waals surface area contributed by atoms with E-state index in [0.717, 1.165) is 13.1 Å². The van der Waals surface area contributed by atoms with Crippen molar-refractivity contribution in [3.8, 4) is 0 Å². The normalized spacial score (nSPS) is 13.9. The number of hydrogen-bond acceptors (Lipinski definition) is 1. The van der Waals surface area contributed by atoms with Crippen LogP contribution in [0.2, 0.25) is 0 Å². The maximum absolute atomic E-state index is 3.62. The number of halogens is 1. The summed E-state index contributed by atoms with van der Waals surface area (Å²) in [5, 5.41) is 0. The molecule has 0 fully saturated rings. The lowest BCUT2D eigenvalue weighted by Crippen LogP contribution is -2.13. The van der Waals surface area contributed by atoms with E-state index in [1.807, 2.05) is 0 Å². The minimum absolute atomic E-state index is 1.00. The molecule has 1 heterocycles. The second-order valence-electron chi connectivity index (χ2n) is 4.07. The Bertz CT molecular complexity index is 507. The van der Waals surface area contributed by atoms with Crippen molar-refractivity contribution in [3.63, 3.8) is 0 Å². The van der Waals surface area contributed by atoms with Crippen LogP contribution in [0, 0.1) is 0 Å². The van der Waals surface area contributed by atoms with Gasteiger partial charge in [0.05, 0.1) is 0 Å². The van der Waals surface area contributed by atoms with Crippen LogP contribution in [-0.4, -0.2) is 0 Å². The van der Waals surface area contributed by atoms with Crippen molar-refractivity contribution in [3.05, 3.63) is 64.1 Å². The predicted molar refractivity (Wildman–Crippen MR) is 70.5 cm³/mol. The molecule has 0 bridgehead atoms. The summed E-state index contributed by atoms with van der Waals surface area (Å²) in [5.41, 5.74) is 4.15. The van der Waals surface area contributed by atoms with Crippen LogP contribution < -0.4 is 4.90 Å². The van der Waals surface area contributed by atoms with Gasteiger partial charge in [0.15, 0.2) is 0 Å². The van der Waals surface area contributed by atoms with Crippen molar-refractivity contribution >= 4 is 21.6 Å². The number of hydrogen-bond donors (Lipinski definition) is 0. The fourth-order valence-electron chi connectivity index (χ4n) is 2.20. The quantitative estimate of drug-likeness (QED) is 0.760. The van der Waals surface area contributed by atoms with E-state index < -0.39 is 0 Å². The third kappa shape index (κ3) is 1.63. The molecule has 2 aromatic rings. The zero-order valence-corrected chi connectivity index (χ0v) is 10.4. The zero-order valence-electron chi connectivity index (χ0n) is 8.86. The highest BCUT2D eigenvalue weighted by molar-refractivity contribution is 9.10. The zero-order chi connectivity index (χ0) is 11.0. The van der Waals surface area contributed by atoms with Gasteiger partial charge in [-0.2, -0.15) is 0 Å². The van der Waals surface area contributed by atoms with Gasteiger partial charge in [0, 0.05) is 23.2 Å². The fourth-order valence-corrected chi connectivity index (χ4v) is 2.73. The molecule has 0 unspecified atom stereocenters. The lowest BCUT2D eigenvalue weighted by Gasteiger charge is -2.17. The van der Waals surface area contributed by atoms with Gasteiger partial charge >= 0.3 is 0 Å². The van der Waals surface area contributed by atoms with E-state index in [9.17, 15) is 0 Å². The van der Waals surface area contributed by atoms with Crippen LogP contribution in [-0.2, 0) is 13.1 Å². The van der Waals surface area contributed by atoms with E-state index >= 15 is 0 Å². The van der Waals surface area contributed by atoms with Crippen LogP contribution in [0.5, 0.6) is 0 Å². The summed E-state index contributed by atoms with van der Waals surface area (Å²) in [4.78, 5) is 2.40. The second-order valence-corrected chi connectivity index (χ2v) is 4.92. The van der Waals surface area contributed by atoms with E-state index in [-0.39, 0.29) is 0 Å². The van der Waals surface area contributed by atoms with Crippen LogP contribution >= 0.6 is 15.9 Å². The smallest absolute Gasteiger partial charge is 0.0447 e. The van der Waals surface area contributed by atoms with E-state index in [1.54, 1.807) is 0 Å². The van der Waals surface area contributed by atoms with Crippen LogP contribution in [0.1, 0.15) is 11.1 Å². The van der Waals surface area contributed by atoms with Crippen molar-refractivity contribution in [2.24, 2.45) is 0 Å². The standard InChI is InChI=1S/C14H12BrN/c15-14-8-4-5-11-9-16(10-13(11)14)12-6-2-1-3-7-12/h1-8H,9-10H2. The van der Waals surface area contributed by atoms with Gasteiger partial charge in [-0.1, -0.05) is 46.3 Å². The predicted octanol–water partition coefficient (Wildman–Crippen LogP) is 3.97. The molecule has 0 saturated carbocycles. The maximum atomic E-state index is 3.62. The van der Waals surface area contributed by atoms with Gasteiger partial charge in [0.1, 0.15) is 0 Å². The Kier molecular flexibility index (Phi) is 2.44. The summed E-state index contributed by atoms with van der Waals surface area (Å²) in [6.45, 7) is 2.01. The highest BCUT2D eigenvalue weighted by Gasteiger charge is 2.20. The summed E-state index contributed by atoms with van der Waals surface area (Å²) in [5.74, 6) is 0. The van der Waals surface area contributed by atoms with Gasteiger partial charge in [-0.3, -0.25) is 0 Å². The first-order valence-corrected chi connectivity index (χ1v) is 6.20. The molecule has 0 radical (unpaired) electrons. The lowest BCUT2D eigenvalue weighted by atomic mass is 10.1. The molecule has 1 nitrogen and oxygen atoms in total. The SMILES string of the molecule is Brc1cccc2c1CN(c1ccccc1)C2. The molecular formula is C14H12BrN. The largest absolute Gasteiger partial charge is 0.363 e. The molecule has 0 atom stereocenters. The molecule has 1 aliphatic rings. The van der Waals surface area contributed by atoms with E-state index in [0.29, 0.717) is 0 Å². The van der Waals surface area contributed by atoms with Crippen LogP contribution in [0.25, 0.3) is 0 Å². The molecule has 0 aliphatic carbocycles. The summed E-state index contributed by atoms with van der Waals surface area (Å²) >= 11 is 3.62. The summed E-state index contributed by atoms with van der Waals surface area (Å²) in [7, 11) is 0. The Labute approximate surface area is 104 Å². The van der Waals surface area contributed by atoms with Crippen LogP contribution in [0.4, 0.5) is 5.69 Å². The third-order valence-corrected chi connectivity index (χ3v) is 3.79. The highest BCUT2D eigenvalue weighted by atomic mass is 79.9. The molecule has 0 aromatic heterocycles. The number of para-hydroxylation sites is 1. The molecule has 80 valence electrons. The Morgan fingerprint density at radius 3 is 2.44 bits per heavy atom. The average molecular weight is 274 g/mol. The van der Waals surface area contributed by atoms with Gasteiger partial charge in [0.25, 0.3) is 0 Å². The number of nitrogens with zero attached hydrogens (tertiary/aromatic N) is 1. The van der Waals surface area contributed by atoms with Gasteiger partial charge in [-0.25, -0.2) is 0 Å². The number of fused-ring (bicyclic) bond motifs is 1. The van der Waals surface area contributed by atoms with Crippen molar-refractivity contribution in [1.82, 2.24) is 0 Å². The Morgan fingerprint density at radius 1 is 0.875 bits per heavy atom. The maximum Gasteiger partial charge on any atom is 0.0447 e. The van der Waals surface area contributed by atoms with Gasteiger partial charge in [-0.05, 0) is 29.3 Å². The Morgan fingerprint density at radius 2 is 1.69 bits per heavy atom. The highest BCUT2D eigenvalue weighted by Crippen LogP contribution is 2.32. The van der Waals surface area contributed by atoms with Gasteiger partial charge in [0.2, 0.25) is 0 Å². The topological polar surface area (TPSA) is 3.24 Å². The first kappa shape index (κ1) is 9.91. The average Bonchev–Trinajstić information content (AvgIpc) is 2.76. The monoisotopic (exact) mass is 273 g/mol. The molecule has 0 spiro atoms. The van der Waals surface area contributed by atoms with Crippen molar-refractivity contribution in [1.29, 1.82) is 0 Å². The summed E-state index contributed by atoms with van der Waals surface area (Å²) in [6, 6.07) is 17.0. The summed E-state index contributed by atoms with van der Waals surface area (Å²) in [6.07, 6.45) is 0. The number of rotatable bonds is 1. The number of benzene rings is 2. The van der Waals surface area contributed by atoms with Crippen LogP contribution in [0.15, 0.2) is 53.0 Å². The molecule has 0 N–H and O–H groups in total.